The second kappa shape index (κ2) is 9.61. The molecule has 0 saturated carbocycles. The first-order chi connectivity index (χ1) is 15.9. The van der Waals surface area contributed by atoms with Crippen molar-refractivity contribution < 1.29 is 23.5 Å². The fourth-order valence-corrected chi connectivity index (χ4v) is 3.89. The van der Waals surface area contributed by atoms with Crippen LogP contribution < -0.4 is 15.6 Å². The number of ether oxygens (including phenoxy) is 2. The summed E-state index contributed by atoms with van der Waals surface area (Å²) in [4.78, 5) is 41.7. The molecule has 33 heavy (non-hydrogen) atoms. The SMILES string of the molecule is Cc1csc2nc(COC(=O)c3cccc(NC(=O)COc4ccc(F)cc4)c3)cc(=O)n12. The molecule has 0 saturated heterocycles. The van der Waals surface area contributed by atoms with Gasteiger partial charge in [-0.1, -0.05) is 6.07 Å². The van der Waals surface area contributed by atoms with Gasteiger partial charge < -0.3 is 14.8 Å². The lowest BCUT2D eigenvalue weighted by Crippen LogP contribution is -2.20. The number of carbonyl (C=O) groups is 2. The van der Waals surface area contributed by atoms with Gasteiger partial charge in [-0.3, -0.25) is 14.0 Å². The van der Waals surface area contributed by atoms with Gasteiger partial charge in [0.1, 0.15) is 18.2 Å². The molecule has 0 atom stereocenters. The number of nitrogens with one attached hydrogen (secondary N) is 1. The molecular formula is C23H18FN3O5S. The Balaban J connectivity index is 1.35. The van der Waals surface area contributed by atoms with Crippen LogP contribution in [0.3, 0.4) is 0 Å². The third-order valence-electron chi connectivity index (χ3n) is 4.55. The number of halogens is 1. The second-order valence-corrected chi connectivity index (χ2v) is 7.87. The number of benzene rings is 2. The minimum atomic E-state index is -0.627. The molecule has 168 valence electrons. The average Bonchev–Trinajstić information content (AvgIpc) is 3.18. The zero-order valence-electron chi connectivity index (χ0n) is 17.4. The highest BCUT2D eigenvalue weighted by Crippen LogP contribution is 2.15. The average molecular weight is 467 g/mol. The highest BCUT2D eigenvalue weighted by Gasteiger charge is 2.12. The van der Waals surface area contributed by atoms with Crippen LogP contribution in [-0.2, 0) is 16.1 Å². The standard InChI is InChI=1S/C23H18FN3O5S/c1-14-13-33-23-26-18(10-21(29)27(14)23)11-32-22(30)15-3-2-4-17(9-15)25-20(28)12-31-19-7-5-16(24)6-8-19/h2-10,13H,11-12H2,1H3,(H,25,28). The Kier molecular flexibility index (Phi) is 6.45. The van der Waals surface area contributed by atoms with E-state index in [2.05, 4.69) is 10.3 Å². The zero-order valence-corrected chi connectivity index (χ0v) is 18.2. The lowest BCUT2D eigenvalue weighted by atomic mass is 10.2. The van der Waals surface area contributed by atoms with Gasteiger partial charge in [-0.05, 0) is 49.4 Å². The summed E-state index contributed by atoms with van der Waals surface area (Å²) in [6, 6.07) is 12.8. The third kappa shape index (κ3) is 5.42. The topological polar surface area (TPSA) is 99.0 Å². The van der Waals surface area contributed by atoms with Crippen LogP contribution in [0.25, 0.3) is 4.96 Å². The van der Waals surface area contributed by atoms with Gasteiger partial charge in [0.2, 0.25) is 0 Å². The number of hydrogen-bond acceptors (Lipinski definition) is 7. The smallest absolute Gasteiger partial charge is 0.338 e. The molecule has 4 aromatic rings. The number of rotatable bonds is 7. The molecule has 10 heteroatoms. The summed E-state index contributed by atoms with van der Waals surface area (Å²) in [6.07, 6.45) is 0. The molecule has 0 aliphatic rings. The number of fused-ring (bicyclic) bond motifs is 1. The van der Waals surface area contributed by atoms with Crippen molar-refractivity contribution in [1.82, 2.24) is 9.38 Å². The van der Waals surface area contributed by atoms with Crippen LogP contribution >= 0.6 is 11.3 Å². The van der Waals surface area contributed by atoms with Crippen molar-refractivity contribution >= 4 is 33.9 Å². The summed E-state index contributed by atoms with van der Waals surface area (Å²) in [5, 5.41) is 4.45. The summed E-state index contributed by atoms with van der Waals surface area (Å²) < 4.78 is 25.0. The van der Waals surface area contributed by atoms with Crippen molar-refractivity contribution in [3.8, 4) is 5.75 Å². The van der Waals surface area contributed by atoms with Crippen LogP contribution in [-0.4, -0.2) is 27.9 Å². The second-order valence-electron chi connectivity index (χ2n) is 7.03. The third-order valence-corrected chi connectivity index (χ3v) is 5.49. The monoisotopic (exact) mass is 467 g/mol. The molecule has 8 nitrogen and oxygen atoms in total. The van der Waals surface area contributed by atoms with Crippen molar-refractivity contribution in [3.05, 3.63) is 93.1 Å². The van der Waals surface area contributed by atoms with Crippen LogP contribution in [0.5, 0.6) is 5.75 Å². The zero-order chi connectivity index (χ0) is 23.4. The van der Waals surface area contributed by atoms with E-state index in [9.17, 15) is 18.8 Å². The predicted octanol–water partition coefficient (Wildman–Crippen LogP) is 3.58. The maximum absolute atomic E-state index is 12.9. The molecule has 1 amide bonds. The van der Waals surface area contributed by atoms with Crippen molar-refractivity contribution in [3.63, 3.8) is 0 Å². The van der Waals surface area contributed by atoms with Gasteiger partial charge in [-0.2, -0.15) is 0 Å². The first kappa shape index (κ1) is 22.2. The number of anilines is 1. The molecule has 0 unspecified atom stereocenters. The predicted molar refractivity (Wildman–Crippen MR) is 120 cm³/mol. The van der Waals surface area contributed by atoms with Crippen molar-refractivity contribution in [2.45, 2.75) is 13.5 Å². The van der Waals surface area contributed by atoms with E-state index in [0.717, 1.165) is 5.69 Å². The highest BCUT2D eigenvalue weighted by molar-refractivity contribution is 7.15. The molecule has 1 N–H and O–H groups in total. The Morgan fingerprint density at radius 1 is 1.15 bits per heavy atom. The number of carbonyl (C=O) groups excluding carboxylic acids is 2. The molecule has 2 aromatic carbocycles. The van der Waals surface area contributed by atoms with Gasteiger partial charge in [0.15, 0.2) is 11.6 Å². The van der Waals surface area contributed by atoms with E-state index in [1.54, 1.807) is 18.2 Å². The molecule has 0 fully saturated rings. The quantitative estimate of drug-likeness (QED) is 0.417. The summed E-state index contributed by atoms with van der Waals surface area (Å²) in [5.74, 6) is -1.12. The van der Waals surface area contributed by atoms with Crippen LogP contribution in [0.1, 0.15) is 21.7 Å². The van der Waals surface area contributed by atoms with Crippen molar-refractivity contribution in [2.24, 2.45) is 0 Å². The van der Waals surface area contributed by atoms with Crippen LogP contribution in [0.15, 0.2) is 64.8 Å². The molecule has 0 aliphatic heterocycles. The lowest BCUT2D eigenvalue weighted by Gasteiger charge is -2.09. The van der Waals surface area contributed by atoms with Gasteiger partial charge in [0.05, 0.1) is 11.3 Å². The van der Waals surface area contributed by atoms with Crippen molar-refractivity contribution in [1.29, 1.82) is 0 Å². The molecular weight excluding hydrogens is 449 g/mol. The van der Waals surface area contributed by atoms with E-state index in [-0.39, 0.29) is 24.3 Å². The van der Waals surface area contributed by atoms with Crippen molar-refractivity contribution in [2.75, 3.05) is 11.9 Å². The van der Waals surface area contributed by atoms with E-state index < -0.39 is 17.7 Å². The van der Waals surface area contributed by atoms with Gasteiger partial charge in [-0.25, -0.2) is 14.2 Å². The fraction of sp³-hybridized carbons (Fsp3) is 0.130. The Bertz CT molecular complexity index is 1380. The summed E-state index contributed by atoms with van der Waals surface area (Å²) in [7, 11) is 0. The van der Waals surface area contributed by atoms with E-state index >= 15 is 0 Å². The molecule has 0 bridgehead atoms. The fourth-order valence-electron chi connectivity index (χ4n) is 3.00. The maximum atomic E-state index is 12.9. The van der Waals surface area contributed by atoms with Crippen LogP contribution in [0.4, 0.5) is 10.1 Å². The number of aromatic nitrogens is 2. The summed E-state index contributed by atoms with van der Waals surface area (Å²) in [5.41, 5.74) is 1.49. The Labute approximate surface area is 191 Å². The van der Waals surface area contributed by atoms with E-state index in [4.69, 9.17) is 9.47 Å². The Morgan fingerprint density at radius 3 is 2.73 bits per heavy atom. The molecule has 4 rings (SSSR count). The minimum Gasteiger partial charge on any atom is -0.484 e. The highest BCUT2D eigenvalue weighted by atomic mass is 32.1. The van der Waals surface area contributed by atoms with E-state index in [0.29, 0.717) is 22.1 Å². The van der Waals surface area contributed by atoms with Gasteiger partial charge in [-0.15, -0.1) is 11.3 Å². The lowest BCUT2D eigenvalue weighted by molar-refractivity contribution is -0.118. The van der Waals surface area contributed by atoms with E-state index in [1.165, 1.54) is 52.1 Å². The normalized spacial score (nSPS) is 10.7. The molecule has 0 spiro atoms. The van der Waals surface area contributed by atoms with Gasteiger partial charge in [0, 0.05) is 22.8 Å². The number of hydrogen-bond donors (Lipinski definition) is 1. The first-order valence-electron chi connectivity index (χ1n) is 9.81. The summed E-state index contributed by atoms with van der Waals surface area (Å²) in [6.45, 7) is 1.36. The van der Waals surface area contributed by atoms with Gasteiger partial charge >= 0.3 is 5.97 Å². The Morgan fingerprint density at radius 2 is 1.94 bits per heavy atom. The maximum Gasteiger partial charge on any atom is 0.338 e. The van der Waals surface area contributed by atoms with Gasteiger partial charge in [0.25, 0.3) is 11.5 Å². The first-order valence-corrected chi connectivity index (χ1v) is 10.7. The number of amides is 1. The minimum absolute atomic E-state index is 0.163. The summed E-state index contributed by atoms with van der Waals surface area (Å²) >= 11 is 1.33. The number of thiazole rings is 1. The molecule has 0 radical (unpaired) electrons. The molecule has 2 heterocycles. The number of aryl methyl sites for hydroxylation is 1. The molecule has 0 aliphatic carbocycles. The largest absolute Gasteiger partial charge is 0.484 e. The Hall–Kier alpha value is -4.05. The van der Waals surface area contributed by atoms with E-state index in [1.807, 2.05) is 12.3 Å². The number of esters is 1. The number of nitrogens with zero attached hydrogens (tertiary/aromatic N) is 2. The van der Waals surface area contributed by atoms with Crippen LogP contribution in [0, 0.1) is 12.7 Å². The molecule has 2 aromatic heterocycles. The van der Waals surface area contributed by atoms with Crippen LogP contribution in [0.2, 0.25) is 0 Å².